The van der Waals surface area contributed by atoms with Gasteiger partial charge >= 0.3 is 0 Å². The predicted octanol–water partition coefficient (Wildman–Crippen LogP) is 4.16. The molecule has 1 aliphatic rings. The maximum Gasteiger partial charge on any atom is 0.218 e. The van der Waals surface area contributed by atoms with E-state index in [9.17, 15) is 0 Å². The number of pyridine rings is 1. The molecule has 0 amide bonds. The Kier molecular flexibility index (Phi) is 3.68. The molecule has 0 N–H and O–H groups in total. The number of fused-ring (bicyclic) bond motifs is 3. The first kappa shape index (κ1) is 16.0. The highest BCUT2D eigenvalue weighted by atomic mass is 32.2. The smallest absolute Gasteiger partial charge is 0.218 e. The molecule has 6 nitrogen and oxygen atoms in total. The molecule has 1 aliphatic heterocycles. The second-order valence-electron chi connectivity index (χ2n) is 6.22. The Morgan fingerprint density at radius 3 is 2.78 bits per heavy atom. The van der Waals surface area contributed by atoms with Crippen molar-refractivity contribution in [3.05, 3.63) is 59.7 Å². The van der Waals surface area contributed by atoms with Gasteiger partial charge in [-0.3, -0.25) is 0 Å². The van der Waals surface area contributed by atoms with E-state index in [-0.39, 0.29) is 0 Å². The minimum atomic E-state index is 0.698. The van der Waals surface area contributed by atoms with Gasteiger partial charge in [0.2, 0.25) is 5.16 Å². The molecular formula is C20H15N5OS. The fourth-order valence-corrected chi connectivity index (χ4v) is 3.93. The molecule has 0 unspecified atom stereocenters. The summed E-state index contributed by atoms with van der Waals surface area (Å²) in [7, 11) is 1.66. The second kappa shape index (κ2) is 6.21. The average Bonchev–Trinajstić information content (AvgIpc) is 2.99. The van der Waals surface area contributed by atoms with Crippen LogP contribution in [-0.4, -0.2) is 33.2 Å². The first-order valence-corrected chi connectivity index (χ1v) is 9.27. The molecule has 0 saturated heterocycles. The minimum Gasteiger partial charge on any atom is -0.497 e. The van der Waals surface area contributed by atoms with Gasteiger partial charge in [-0.25, -0.2) is 4.98 Å². The lowest BCUT2D eigenvalue weighted by molar-refractivity contribution is 0.415. The van der Waals surface area contributed by atoms with Crippen molar-refractivity contribution in [2.45, 2.75) is 17.1 Å². The lowest BCUT2D eigenvalue weighted by Crippen LogP contribution is -1.96. The largest absolute Gasteiger partial charge is 0.497 e. The zero-order chi connectivity index (χ0) is 18.4. The number of hydrogen-bond donors (Lipinski definition) is 0. The SMILES string of the molecule is COc1ccc2nc3c(cc2c1)C=Nn1c(nnc1-c1ccccc1C)S3. The molecule has 3 heterocycles. The predicted molar refractivity (Wildman–Crippen MR) is 106 cm³/mol. The standard InChI is InChI=1S/C20H15N5OS/c1-12-5-3-4-6-16(12)18-23-24-20-25(18)21-11-14-9-13-10-15(26-2)7-8-17(13)22-19(14)27-20/h3-11H,1-2H3. The van der Waals surface area contributed by atoms with Crippen molar-refractivity contribution in [3.63, 3.8) is 0 Å². The van der Waals surface area contributed by atoms with E-state index in [1.807, 2.05) is 42.6 Å². The highest BCUT2D eigenvalue weighted by Gasteiger charge is 2.20. The monoisotopic (exact) mass is 373 g/mol. The van der Waals surface area contributed by atoms with Crippen LogP contribution in [0.3, 0.4) is 0 Å². The molecule has 0 radical (unpaired) electrons. The Morgan fingerprint density at radius 1 is 1.04 bits per heavy atom. The molecule has 0 spiro atoms. The van der Waals surface area contributed by atoms with Crippen molar-refractivity contribution < 1.29 is 4.74 Å². The first-order valence-electron chi connectivity index (χ1n) is 8.45. The second-order valence-corrected chi connectivity index (χ2v) is 7.18. The van der Waals surface area contributed by atoms with Crippen LogP contribution in [0.1, 0.15) is 11.1 Å². The van der Waals surface area contributed by atoms with Gasteiger partial charge in [-0.2, -0.15) is 9.78 Å². The summed E-state index contributed by atoms with van der Waals surface area (Å²) in [4.78, 5) is 4.78. The third kappa shape index (κ3) is 2.67. The van der Waals surface area contributed by atoms with Crippen LogP contribution in [0.25, 0.3) is 22.3 Å². The zero-order valence-electron chi connectivity index (χ0n) is 14.7. The Balaban J connectivity index is 1.64. The van der Waals surface area contributed by atoms with Crippen molar-refractivity contribution in [1.82, 2.24) is 19.9 Å². The van der Waals surface area contributed by atoms with Gasteiger partial charge < -0.3 is 4.74 Å². The van der Waals surface area contributed by atoms with Gasteiger partial charge in [0.15, 0.2) is 5.82 Å². The van der Waals surface area contributed by atoms with Gasteiger partial charge in [-0.15, -0.1) is 10.2 Å². The molecule has 132 valence electrons. The molecule has 5 rings (SSSR count). The fourth-order valence-electron chi connectivity index (χ4n) is 3.09. The number of ether oxygens (including phenoxy) is 1. The molecule has 0 bridgehead atoms. The van der Waals surface area contributed by atoms with Crippen LogP contribution in [0.2, 0.25) is 0 Å². The van der Waals surface area contributed by atoms with E-state index in [2.05, 4.69) is 34.4 Å². The number of rotatable bonds is 2. The Hall–Kier alpha value is -3.19. The maximum atomic E-state index is 5.32. The van der Waals surface area contributed by atoms with E-state index in [0.717, 1.165) is 44.2 Å². The molecule has 0 aliphatic carbocycles. The Labute approximate surface area is 159 Å². The number of nitrogens with zero attached hydrogens (tertiary/aromatic N) is 5. The van der Waals surface area contributed by atoms with Crippen LogP contribution in [0.4, 0.5) is 0 Å². The van der Waals surface area contributed by atoms with Gasteiger partial charge in [0.1, 0.15) is 10.8 Å². The third-order valence-corrected chi connectivity index (χ3v) is 5.47. The summed E-state index contributed by atoms with van der Waals surface area (Å²) in [5.41, 5.74) is 4.00. The molecule has 0 saturated carbocycles. The van der Waals surface area contributed by atoms with Gasteiger partial charge in [0.25, 0.3) is 0 Å². The molecular weight excluding hydrogens is 358 g/mol. The van der Waals surface area contributed by atoms with Crippen LogP contribution >= 0.6 is 11.8 Å². The summed E-state index contributed by atoms with van der Waals surface area (Å²) in [6.45, 7) is 2.06. The molecule has 0 atom stereocenters. The first-order chi connectivity index (χ1) is 13.2. The van der Waals surface area contributed by atoms with E-state index in [4.69, 9.17) is 9.72 Å². The molecule has 2 aromatic carbocycles. The molecule has 2 aromatic heterocycles. The van der Waals surface area contributed by atoms with Crippen molar-refractivity contribution >= 4 is 28.9 Å². The van der Waals surface area contributed by atoms with Crippen molar-refractivity contribution in [1.29, 1.82) is 0 Å². The number of benzene rings is 2. The molecule has 27 heavy (non-hydrogen) atoms. The molecule has 0 fully saturated rings. The average molecular weight is 373 g/mol. The molecule has 7 heteroatoms. The highest BCUT2D eigenvalue weighted by Crippen LogP contribution is 2.34. The van der Waals surface area contributed by atoms with Gasteiger partial charge in [-0.05, 0) is 48.5 Å². The van der Waals surface area contributed by atoms with Crippen LogP contribution in [0.15, 0.2) is 63.8 Å². The number of methoxy groups -OCH3 is 1. The van der Waals surface area contributed by atoms with E-state index in [1.165, 1.54) is 11.8 Å². The summed E-state index contributed by atoms with van der Waals surface area (Å²) in [5, 5.41) is 15.9. The highest BCUT2D eigenvalue weighted by molar-refractivity contribution is 7.99. The summed E-state index contributed by atoms with van der Waals surface area (Å²) in [6, 6.07) is 16.0. The van der Waals surface area contributed by atoms with Crippen LogP contribution < -0.4 is 4.74 Å². The number of aryl methyl sites for hydroxylation is 1. The topological polar surface area (TPSA) is 65.2 Å². The number of hydrogen-bond acceptors (Lipinski definition) is 6. The van der Waals surface area contributed by atoms with E-state index >= 15 is 0 Å². The van der Waals surface area contributed by atoms with E-state index in [1.54, 1.807) is 11.8 Å². The normalized spacial score (nSPS) is 12.5. The minimum absolute atomic E-state index is 0.698. The summed E-state index contributed by atoms with van der Waals surface area (Å²) < 4.78 is 7.09. The van der Waals surface area contributed by atoms with Crippen LogP contribution in [-0.2, 0) is 0 Å². The van der Waals surface area contributed by atoms with Gasteiger partial charge in [0.05, 0.1) is 18.8 Å². The van der Waals surface area contributed by atoms with Gasteiger partial charge in [0, 0.05) is 16.5 Å². The third-order valence-electron chi connectivity index (χ3n) is 4.51. The van der Waals surface area contributed by atoms with Crippen molar-refractivity contribution in [2.24, 2.45) is 5.10 Å². The summed E-state index contributed by atoms with van der Waals surface area (Å²) >= 11 is 1.47. The van der Waals surface area contributed by atoms with Gasteiger partial charge in [-0.1, -0.05) is 24.3 Å². The Bertz CT molecular complexity index is 1210. The van der Waals surface area contributed by atoms with E-state index in [0.29, 0.717) is 5.16 Å². The quantitative estimate of drug-likeness (QED) is 0.465. The lowest BCUT2D eigenvalue weighted by atomic mass is 10.1. The Morgan fingerprint density at radius 2 is 1.93 bits per heavy atom. The fraction of sp³-hybridized carbons (Fsp3) is 0.100. The van der Waals surface area contributed by atoms with E-state index < -0.39 is 0 Å². The summed E-state index contributed by atoms with van der Waals surface area (Å²) in [5.74, 6) is 1.53. The van der Waals surface area contributed by atoms with Crippen LogP contribution in [0.5, 0.6) is 5.75 Å². The molecule has 4 aromatic rings. The van der Waals surface area contributed by atoms with Crippen molar-refractivity contribution in [2.75, 3.05) is 7.11 Å². The maximum absolute atomic E-state index is 5.32. The number of aromatic nitrogens is 4. The summed E-state index contributed by atoms with van der Waals surface area (Å²) in [6.07, 6.45) is 1.82. The lowest BCUT2D eigenvalue weighted by Gasteiger charge is -2.06. The van der Waals surface area contributed by atoms with Crippen LogP contribution in [0, 0.1) is 6.92 Å². The van der Waals surface area contributed by atoms with Crippen molar-refractivity contribution in [3.8, 4) is 17.1 Å². The zero-order valence-corrected chi connectivity index (χ0v) is 15.6.